The molecule has 0 aromatic rings. The maximum Gasteiger partial charge on any atom is 0.187 e. The maximum absolute atomic E-state index is 12.9. The summed E-state index contributed by atoms with van der Waals surface area (Å²) in [6.45, 7) is 14.7. The Morgan fingerprint density at radius 2 is 1.15 bits per heavy atom. The van der Waals surface area contributed by atoms with Crippen LogP contribution in [0.4, 0.5) is 0 Å². The summed E-state index contributed by atoms with van der Waals surface area (Å²) in [5.41, 5.74) is -2.33. The summed E-state index contributed by atoms with van der Waals surface area (Å²) in [6.07, 6.45) is -31.0. The summed E-state index contributed by atoms with van der Waals surface area (Å²) in [4.78, 5) is 0. The standard InChI is InChI=1S/C62H106O27/c1-25(10-14-39(59(5,6)80)88-57-53(89-56-50(78)47(75)44(72)33(22-65)84-56)48(76)45(73)35(86-57)24-81-54-41(69)26(2)40(68)32(21-64)83-54)28-16-17-60(7)36-13-11-29-30(62(36,9)37(67)19-61(28,60)8)12-15-38(58(29,3)4)87-55-51(79)49(77)52(34(23-66)85-55)82-31-18-27(20-63)42(70)46(74)43(31)71/h11,25-28,30-57,63-80H,10,12-24H2,1-9H3/t25-,26+,27-,28?,30?,31-,32-,33+,34-,35-,36?,37-,38+,39-,40+,41-,42-,43+,44+,45-,46+,47-,48+,49-,50+,51-,52-,53-,54-,55+,56-,57+,60+,61-,62+/m1/s1. The molecular weight excluding hydrogens is 1180 g/mol. The minimum atomic E-state index is -1.92. The lowest BCUT2D eigenvalue weighted by Gasteiger charge is -2.67. The lowest BCUT2D eigenvalue weighted by atomic mass is 9.38. The van der Waals surface area contributed by atoms with Crippen molar-refractivity contribution in [2.75, 3.05) is 33.0 Å². The Morgan fingerprint density at radius 3 is 1.79 bits per heavy atom. The van der Waals surface area contributed by atoms with Gasteiger partial charge in [0.1, 0.15) is 97.7 Å². The van der Waals surface area contributed by atoms with Crippen molar-refractivity contribution >= 4 is 0 Å². The zero-order valence-electron chi connectivity index (χ0n) is 52.7. The highest BCUT2D eigenvalue weighted by molar-refractivity contribution is 5.32. The van der Waals surface area contributed by atoms with E-state index in [-0.39, 0.29) is 47.3 Å². The zero-order chi connectivity index (χ0) is 65.5. The van der Waals surface area contributed by atoms with E-state index < -0.39 is 221 Å². The normalized spacial score (nSPS) is 51.8. The summed E-state index contributed by atoms with van der Waals surface area (Å²) in [5, 5.41) is 196. The Kier molecular flexibility index (Phi) is 22.3. The van der Waals surface area contributed by atoms with E-state index in [2.05, 4.69) is 47.6 Å². The largest absolute Gasteiger partial charge is 0.396 e. The van der Waals surface area contributed by atoms with Gasteiger partial charge >= 0.3 is 0 Å². The third-order valence-corrected chi connectivity index (χ3v) is 23.8. The van der Waals surface area contributed by atoms with Crippen molar-refractivity contribution in [3.63, 3.8) is 0 Å². The van der Waals surface area contributed by atoms with Crippen LogP contribution in [0.5, 0.6) is 0 Å². The zero-order valence-corrected chi connectivity index (χ0v) is 52.7. The van der Waals surface area contributed by atoms with Crippen LogP contribution in [0.25, 0.3) is 0 Å². The number of aliphatic hydroxyl groups excluding tert-OH is 17. The molecule has 35 atom stereocenters. The number of hydrogen-bond donors (Lipinski definition) is 18. The smallest absolute Gasteiger partial charge is 0.187 e. The third-order valence-electron chi connectivity index (χ3n) is 23.8. The van der Waals surface area contributed by atoms with Gasteiger partial charge in [0.15, 0.2) is 25.2 Å². The van der Waals surface area contributed by atoms with Crippen molar-refractivity contribution in [3.8, 4) is 0 Å². The number of allylic oxidation sites excluding steroid dienone is 1. The minimum absolute atomic E-state index is 0.0110. The van der Waals surface area contributed by atoms with Crippen LogP contribution in [-0.4, -0.2) is 290 Å². The lowest BCUT2D eigenvalue weighted by Crippen LogP contribution is -2.65. The Labute approximate surface area is 520 Å². The molecule has 0 spiro atoms. The Balaban J connectivity index is 0.884. The summed E-state index contributed by atoms with van der Waals surface area (Å²) >= 11 is 0. The van der Waals surface area contributed by atoms with Crippen LogP contribution in [0.3, 0.4) is 0 Å². The topological polar surface area (TPSA) is 447 Å². The number of hydrogen-bond acceptors (Lipinski definition) is 27. The fraction of sp³-hybridized carbons (Fsp3) is 0.968. The summed E-state index contributed by atoms with van der Waals surface area (Å²) < 4.78 is 54.9. The van der Waals surface area contributed by atoms with Gasteiger partial charge in [-0.25, -0.2) is 0 Å². The van der Waals surface area contributed by atoms with Crippen molar-refractivity contribution < 1.29 is 135 Å². The van der Waals surface area contributed by atoms with E-state index in [9.17, 15) is 91.9 Å². The molecule has 0 aromatic heterocycles. The van der Waals surface area contributed by atoms with E-state index in [0.29, 0.717) is 32.1 Å². The Morgan fingerprint density at radius 1 is 0.573 bits per heavy atom. The van der Waals surface area contributed by atoms with Crippen LogP contribution in [-0.2, 0) is 42.6 Å². The van der Waals surface area contributed by atoms with Crippen molar-refractivity contribution in [1.29, 1.82) is 0 Å². The van der Waals surface area contributed by atoms with E-state index in [1.807, 2.05) is 0 Å². The third kappa shape index (κ3) is 13.0. The molecule has 5 aliphatic carbocycles. The average Bonchev–Trinajstić information content (AvgIpc) is 1.66. The molecule has 516 valence electrons. The first-order valence-corrected chi connectivity index (χ1v) is 32.2. The van der Waals surface area contributed by atoms with E-state index in [0.717, 1.165) is 18.4 Å². The summed E-state index contributed by atoms with van der Waals surface area (Å²) in [5.74, 6) is -1.56. The van der Waals surface area contributed by atoms with Gasteiger partial charge in [-0.15, -0.1) is 0 Å². The van der Waals surface area contributed by atoms with Crippen LogP contribution in [0.15, 0.2) is 11.6 Å². The molecule has 0 bridgehead atoms. The molecule has 0 aromatic carbocycles. The lowest BCUT2D eigenvalue weighted by molar-refractivity contribution is -0.380. The summed E-state index contributed by atoms with van der Waals surface area (Å²) in [7, 11) is 0. The predicted molar refractivity (Wildman–Crippen MR) is 307 cm³/mol. The molecule has 0 radical (unpaired) electrons. The molecule has 4 aliphatic heterocycles. The first kappa shape index (κ1) is 71.9. The highest BCUT2D eigenvalue weighted by Gasteiger charge is 2.70. The molecule has 89 heavy (non-hydrogen) atoms. The van der Waals surface area contributed by atoms with Crippen LogP contribution in [0, 0.1) is 57.2 Å². The Hall–Kier alpha value is -1.34. The van der Waals surface area contributed by atoms with Gasteiger partial charge in [-0.05, 0) is 106 Å². The fourth-order valence-electron chi connectivity index (χ4n) is 17.8. The van der Waals surface area contributed by atoms with Crippen molar-refractivity contribution in [1.82, 2.24) is 0 Å². The van der Waals surface area contributed by atoms with Gasteiger partial charge in [-0.3, -0.25) is 0 Å². The molecule has 4 saturated heterocycles. The van der Waals surface area contributed by atoms with Gasteiger partial charge in [-0.2, -0.15) is 0 Å². The second kappa shape index (κ2) is 27.6. The number of fused-ring (bicyclic) bond motifs is 5. The maximum atomic E-state index is 12.9. The second-order valence-corrected chi connectivity index (χ2v) is 29.5. The van der Waals surface area contributed by atoms with Gasteiger partial charge < -0.3 is 135 Å². The number of rotatable bonds is 20. The van der Waals surface area contributed by atoms with Gasteiger partial charge in [0, 0.05) is 29.3 Å². The molecule has 8 fully saturated rings. The molecule has 27 nitrogen and oxygen atoms in total. The molecule has 9 aliphatic rings. The quantitative estimate of drug-likeness (QED) is 0.0527. The van der Waals surface area contributed by atoms with Crippen LogP contribution in [0.2, 0.25) is 0 Å². The Bertz CT molecular complexity index is 2340. The summed E-state index contributed by atoms with van der Waals surface area (Å²) in [6, 6.07) is 0. The molecule has 9 rings (SSSR count). The average molecular weight is 1280 g/mol. The molecule has 4 saturated carbocycles. The first-order valence-electron chi connectivity index (χ1n) is 32.2. The number of ether oxygens (including phenoxy) is 9. The molecule has 3 unspecified atom stereocenters. The highest BCUT2D eigenvalue weighted by Crippen LogP contribution is 2.75. The highest BCUT2D eigenvalue weighted by atomic mass is 16.8. The number of aliphatic hydroxyl groups is 18. The molecule has 18 N–H and O–H groups in total. The second-order valence-electron chi connectivity index (χ2n) is 29.5. The molecular formula is C62H106O27. The van der Waals surface area contributed by atoms with E-state index >= 15 is 0 Å². The first-order chi connectivity index (χ1) is 41.7. The van der Waals surface area contributed by atoms with Gasteiger partial charge in [0.05, 0.1) is 68.7 Å². The monoisotopic (exact) mass is 1280 g/mol. The van der Waals surface area contributed by atoms with E-state index in [1.165, 1.54) is 20.8 Å². The van der Waals surface area contributed by atoms with Crippen molar-refractivity contribution in [3.05, 3.63) is 11.6 Å². The van der Waals surface area contributed by atoms with Crippen LogP contribution < -0.4 is 0 Å². The van der Waals surface area contributed by atoms with E-state index in [1.54, 1.807) is 0 Å². The van der Waals surface area contributed by atoms with E-state index in [4.69, 9.17) is 42.6 Å². The predicted octanol–water partition coefficient (Wildman–Crippen LogP) is -3.47. The van der Waals surface area contributed by atoms with Gasteiger partial charge in [0.25, 0.3) is 0 Å². The van der Waals surface area contributed by atoms with Crippen molar-refractivity contribution in [2.45, 2.75) is 285 Å². The molecule has 4 heterocycles. The van der Waals surface area contributed by atoms with Gasteiger partial charge in [-0.1, -0.05) is 60.1 Å². The van der Waals surface area contributed by atoms with Gasteiger partial charge in [0.2, 0.25) is 0 Å². The van der Waals surface area contributed by atoms with Crippen molar-refractivity contribution in [2.24, 2.45) is 57.2 Å². The van der Waals surface area contributed by atoms with Crippen LogP contribution >= 0.6 is 0 Å². The molecule has 27 heteroatoms. The fourth-order valence-corrected chi connectivity index (χ4v) is 17.8. The molecule has 0 amide bonds. The SMILES string of the molecule is C[C@@H]1[C@@H](O)[C@H](OC[C@H]2O[C@@H](O[C@H](CC[C@@H](C)C3CC[C@@]4(C)C5CC=C6C(CC[C@H](O[C@@H]7O[C@H](CO)[C@@H](O[C@@H]8C[C@H](CO)[C@@H](O)[C@H](O)[C@H]8O)[C@H](O)[C@H]7O)C6(C)C)[C@]5(C)[C@H](O)C[C@]34C)C(C)(C)O)[C@H](O[C@H]3O[C@@H](CO)[C@H](O)[C@@H](O)[C@@H]3O)[C@@H](O)[C@@H]2O)O[C@H](CO)[C@H]1O. The minimum Gasteiger partial charge on any atom is -0.396 e. The van der Waals surface area contributed by atoms with Crippen LogP contribution in [0.1, 0.15) is 120 Å².